The van der Waals surface area contributed by atoms with Gasteiger partial charge in [0.05, 0.1) is 0 Å². The number of benzene rings is 2. The molecule has 2 atom stereocenters. The summed E-state index contributed by atoms with van der Waals surface area (Å²) in [5.41, 5.74) is 3.24. The molecule has 2 heterocycles. The van der Waals surface area contributed by atoms with Crippen molar-refractivity contribution in [3.63, 3.8) is 0 Å². The predicted molar refractivity (Wildman–Crippen MR) is 134 cm³/mol. The molecule has 4 nitrogen and oxygen atoms in total. The Morgan fingerprint density at radius 2 is 1.50 bits per heavy atom. The Hall–Kier alpha value is -2.33. The molecule has 172 valence electrons. The zero-order valence-corrected chi connectivity index (χ0v) is 20.0. The summed E-state index contributed by atoms with van der Waals surface area (Å²) >= 11 is 0. The first-order chi connectivity index (χ1) is 15.6. The smallest absolute Gasteiger partial charge is 0.253 e. The molecule has 0 saturated carbocycles. The first kappa shape index (κ1) is 22.8. The molecule has 2 aliphatic heterocycles. The van der Waals surface area contributed by atoms with Crippen LogP contribution in [0.3, 0.4) is 0 Å². The van der Waals surface area contributed by atoms with Crippen molar-refractivity contribution in [3.8, 4) is 0 Å². The van der Waals surface area contributed by atoms with Crippen molar-refractivity contribution in [1.82, 2.24) is 9.80 Å². The van der Waals surface area contributed by atoms with Crippen molar-refractivity contribution in [2.75, 3.05) is 25.0 Å². The Balaban J connectivity index is 1.58. The number of fused-ring (bicyclic) bond motifs is 2. The SMILES string of the molecule is CCCCN(CCC)C(=O)c1ccc(N(c2ccccc2)C2CC3CCC(C2)N3C)cc1. The van der Waals surface area contributed by atoms with Crippen LogP contribution < -0.4 is 4.90 Å². The summed E-state index contributed by atoms with van der Waals surface area (Å²) in [6, 6.07) is 21.0. The summed E-state index contributed by atoms with van der Waals surface area (Å²) in [7, 11) is 2.30. The third kappa shape index (κ3) is 4.85. The maximum atomic E-state index is 13.1. The first-order valence-electron chi connectivity index (χ1n) is 12.6. The van der Waals surface area contributed by atoms with Crippen LogP contribution >= 0.6 is 0 Å². The van der Waals surface area contributed by atoms with Crippen LogP contribution in [-0.4, -0.2) is 54.0 Å². The summed E-state index contributed by atoms with van der Waals surface area (Å²) in [6.07, 6.45) is 8.19. The van der Waals surface area contributed by atoms with E-state index in [4.69, 9.17) is 0 Å². The fourth-order valence-corrected chi connectivity index (χ4v) is 5.63. The number of carbonyl (C=O) groups excluding carboxylic acids is 1. The van der Waals surface area contributed by atoms with E-state index in [0.29, 0.717) is 18.1 Å². The zero-order chi connectivity index (χ0) is 22.5. The Labute approximate surface area is 194 Å². The second kappa shape index (κ2) is 10.5. The molecule has 0 aromatic heterocycles. The van der Waals surface area contributed by atoms with E-state index in [9.17, 15) is 4.79 Å². The Bertz CT molecular complexity index is 852. The summed E-state index contributed by atoms with van der Waals surface area (Å²) in [5, 5.41) is 0. The van der Waals surface area contributed by atoms with Gasteiger partial charge in [0.25, 0.3) is 5.91 Å². The van der Waals surface area contributed by atoms with Crippen LogP contribution in [0.2, 0.25) is 0 Å². The van der Waals surface area contributed by atoms with Gasteiger partial charge in [0.1, 0.15) is 0 Å². The maximum absolute atomic E-state index is 13.1. The average Bonchev–Trinajstić information content (AvgIpc) is 3.02. The molecular weight excluding hydrogens is 394 g/mol. The number of hydrogen-bond donors (Lipinski definition) is 0. The molecule has 2 aliphatic rings. The molecular formula is C28H39N3O. The van der Waals surface area contributed by atoms with Crippen LogP contribution in [0.25, 0.3) is 0 Å². The maximum Gasteiger partial charge on any atom is 0.253 e. The first-order valence-corrected chi connectivity index (χ1v) is 12.6. The number of anilines is 2. The minimum absolute atomic E-state index is 0.162. The third-order valence-corrected chi connectivity index (χ3v) is 7.43. The molecule has 2 fully saturated rings. The highest BCUT2D eigenvalue weighted by Crippen LogP contribution is 2.40. The molecule has 2 bridgehead atoms. The van der Waals surface area contributed by atoms with Gasteiger partial charge in [-0.05, 0) is 82.0 Å². The van der Waals surface area contributed by atoms with E-state index in [1.807, 2.05) is 17.0 Å². The largest absolute Gasteiger partial charge is 0.339 e. The van der Waals surface area contributed by atoms with Gasteiger partial charge in [-0.3, -0.25) is 4.79 Å². The van der Waals surface area contributed by atoms with Crippen molar-refractivity contribution in [2.45, 2.75) is 76.9 Å². The van der Waals surface area contributed by atoms with Gasteiger partial charge in [-0.1, -0.05) is 38.5 Å². The summed E-state index contributed by atoms with van der Waals surface area (Å²) in [6.45, 7) is 5.99. The number of piperidine rings is 1. The van der Waals surface area contributed by atoms with E-state index in [-0.39, 0.29) is 5.91 Å². The predicted octanol–water partition coefficient (Wildman–Crippen LogP) is 6.10. The number of para-hydroxylation sites is 1. The number of amides is 1. The number of carbonyl (C=O) groups is 1. The van der Waals surface area contributed by atoms with E-state index in [1.54, 1.807) is 0 Å². The monoisotopic (exact) mass is 433 g/mol. The topological polar surface area (TPSA) is 26.8 Å². The van der Waals surface area contributed by atoms with Gasteiger partial charge in [-0.2, -0.15) is 0 Å². The second-order valence-corrected chi connectivity index (χ2v) is 9.57. The van der Waals surface area contributed by atoms with Gasteiger partial charge in [0.15, 0.2) is 0 Å². The fourth-order valence-electron chi connectivity index (χ4n) is 5.63. The molecule has 2 aromatic rings. The number of rotatable bonds is 9. The lowest BCUT2D eigenvalue weighted by Crippen LogP contribution is -2.47. The summed E-state index contributed by atoms with van der Waals surface area (Å²) in [5.74, 6) is 0.162. The zero-order valence-electron chi connectivity index (χ0n) is 20.0. The summed E-state index contributed by atoms with van der Waals surface area (Å²) in [4.78, 5) is 20.3. The number of unbranched alkanes of at least 4 members (excludes halogenated alkanes) is 1. The van der Waals surface area contributed by atoms with Crippen LogP contribution in [0, 0.1) is 0 Å². The molecule has 2 aromatic carbocycles. The Morgan fingerprint density at radius 3 is 2.09 bits per heavy atom. The van der Waals surface area contributed by atoms with Gasteiger partial charge in [-0.25, -0.2) is 0 Å². The van der Waals surface area contributed by atoms with E-state index in [1.165, 1.54) is 37.1 Å². The van der Waals surface area contributed by atoms with Gasteiger partial charge in [0.2, 0.25) is 0 Å². The molecule has 1 amide bonds. The molecule has 32 heavy (non-hydrogen) atoms. The van der Waals surface area contributed by atoms with Crippen molar-refractivity contribution in [3.05, 3.63) is 60.2 Å². The minimum Gasteiger partial charge on any atom is -0.339 e. The van der Waals surface area contributed by atoms with E-state index in [0.717, 1.165) is 37.9 Å². The van der Waals surface area contributed by atoms with Crippen LogP contribution in [0.5, 0.6) is 0 Å². The molecule has 2 saturated heterocycles. The minimum atomic E-state index is 0.162. The number of nitrogens with zero attached hydrogens (tertiary/aromatic N) is 3. The van der Waals surface area contributed by atoms with E-state index >= 15 is 0 Å². The Kier molecular flexibility index (Phi) is 7.51. The van der Waals surface area contributed by atoms with Crippen molar-refractivity contribution in [1.29, 1.82) is 0 Å². The van der Waals surface area contributed by atoms with Gasteiger partial charge >= 0.3 is 0 Å². The molecule has 0 aliphatic carbocycles. The third-order valence-electron chi connectivity index (χ3n) is 7.43. The van der Waals surface area contributed by atoms with E-state index < -0.39 is 0 Å². The summed E-state index contributed by atoms with van der Waals surface area (Å²) < 4.78 is 0. The quantitative estimate of drug-likeness (QED) is 0.478. The molecule has 2 unspecified atom stereocenters. The van der Waals surface area contributed by atoms with Gasteiger partial charge < -0.3 is 14.7 Å². The fraction of sp³-hybridized carbons (Fsp3) is 0.536. The van der Waals surface area contributed by atoms with Crippen molar-refractivity contribution < 1.29 is 4.79 Å². The molecule has 4 heteroatoms. The van der Waals surface area contributed by atoms with Crippen molar-refractivity contribution in [2.24, 2.45) is 0 Å². The van der Waals surface area contributed by atoms with Crippen molar-refractivity contribution >= 4 is 17.3 Å². The van der Waals surface area contributed by atoms with Crippen LogP contribution in [0.15, 0.2) is 54.6 Å². The molecule has 0 radical (unpaired) electrons. The highest BCUT2D eigenvalue weighted by atomic mass is 16.2. The molecule has 4 rings (SSSR count). The number of hydrogen-bond acceptors (Lipinski definition) is 3. The van der Waals surface area contributed by atoms with Gasteiger partial charge in [-0.15, -0.1) is 0 Å². The lowest BCUT2D eigenvalue weighted by molar-refractivity contribution is 0.0753. The standard InChI is InChI=1S/C28H39N3O/c1-4-6-19-30(18-5-2)28(32)22-12-14-24(15-13-22)31(23-10-8-7-9-11-23)27-20-25-16-17-26(21-27)29(25)3/h7-15,25-27H,4-6,16-21H2,1-3H3. The lowest BCUT2D eigenvalue weighted by Gasteiger charge is -2.43. The van der Waals surface area contributed by atoms with E-state index in [2.05, 4.69) is 73.2 Å². The molecule has 0 N–H and O–H groups in total. The van der Waals surface area contributed by atoms with Crippen LogP contribution in [-0.2, 0) is 0 Å². The second-order valence-electron chi connectivity index (χ2n) is 9.57. The molecule has 0 spiro atoms. The lowest BCUT2D eigenvalue weighted by atomic mass is 9.95. The average molecular weight is 434 g/mol. The van der Waals surface area contributed by atoms with Crippen LogP contribution in [0.1, 0.15) is 69.2 Å². The van der Waals surface area contributed by atoms with Gasteiger partial charge in [0, 0.05) is 48.2 Å². The Morgan fingerprint density at radius 1 is 0.875 bits per heavy atom. The highest BCUT2D eigenvalue weighted by Gasteiger charge is 2.40. The normalized spacial score (nSPS) is 22.7. The van der Waals surface area contributed by atoms with Crippen LogP contribution in [0.4, 0.5) is 11.4 Å². The highest BCUT2D eigenvalue weighted by molar-refractivity contribution is 5.94.